The zero-order valence-corrected chi connectivity index (χ0v) is 14.6. The Bertz CT molecular complexity index is 1190. The molecular formula is C19H17N5O3. The number of nitrogens with zero attached hydrogens (tertiary/aromatic N) is 3. The smallest absolute Gasteiger partial charge is 0.345 e. The SMILES string of the molecule is CCOC(=O)c1c[nH]c2nc(NCc3cccc4ccccc34)nn2c1=O. The maximum Gasteiger partial charge on any atom is 0.345 e. The zero-order chi connectivity index (χ0) is 18.8. The highest BCUT2D eigenvalue weighted by Crippen LogP contribution is 2.19. The van der Waals surface area contributed by atoms with Gasteiger partial charge >= 0.3 is 5.97 Å². The lowest BCUT2D eigenvalue weighted by atomic mass is 10.0. The van der Waals surface area contributed by atoms with Crippen molar-refractivity contribution in [3.05, 3.63) is 70.1 Å². The lowest BCUT2D eigenvalue weighted by Crippen LogP contribution is -2.24. The van der Waals surface area contributed by atoms with Gasteiger partial charge in [-0.05, 0) is 23.3 Å². The third-order valence-corrected chi connectivity index (χ3v) is 4.19. The Morgan fingerprint density at radius 1 is 1.22 bits per heavy atom. The van der Waals surface area contributed by atoms with Crippen LogP contribution in [0.5, 0.6) is 0 Å². The Kier molecular flexibility index (Phi) is 4.29. The van der Waals surface area contributed by atoms with E-state index in [1.807, 2.05) is 24.3 Å². The van der Waals surface area contributed by atoms with Crippen molar-refractivity contribution in [2.24, 2.45) is 0 Å². The molecule has 0 unspecified atom stereocenters. The summed E-state index contributed by atoms with van der Waals surface area (Å²) in [6.45, 7) is 2.36. The van der Waals surface area contributed by atoms with Crippen molar-refractivity contribution in [1.29, 1.82) is 0 Å². The fraction of sp³-hybridized carbons (Fsp3) is 0.158. The van der Waals surface area contributed by atoms with Gasteiger partial charge in [0.1, 0.15) is 5.56 Å². The third-order valence-electron chi connectivity index (χ3n) is 4.19. The summed E-state index contributed by atoms with van der Waals surface area (Å²) in [5.74, 6) is -0.160. The van der Waals surface area contributed by atoms with Crippen molar-refractivity contribution in [3.8, 4) is 0 Å². The van der Waals surface area contributed by atoms with Crippen LogP contribution in [0.25, 0.3) is 16.6 Å². The topological polar surface area (TPSA) is 101 Å². The molecule has 2 aromatic carbocycles. The van der Waals surface area contributed by atoms with Gasteiger partial charge in [0, 0.05) is 12.7 Å². The Hall–Kier alpha value is -3.68. The van der Waals surface area contributed by atoms with E-state index in [2.05, 4.69) is 38.6 Å². The summed E-state index contributed by atoms with van der Waals surface area (Å²) in [7, 11) is 0. The molecule has 2 aromatic heterocycles. The van der Waals surface area contributed by atoms with Gasteiger partial charge in [-0.1, -0.05) is 42.5 Å². The number of aromatic amines is 1. The summed E-state index contributed by atoms with van der Waals surface area (Å²) in [4.78, 5) is 31.3. The van der Waals surface area contributed by atoms with Gasteiger partial charge in [-0.2, -0.15) is 9.50 Å². The van der Waals surface area contributed by atoms with Crippen LogP contribution in [0, 0.1) is 0 Å². The van der Waals surface area contributed by atoms with Crippen LogP contribution in [-0.4, -0.2) is 32.2 Å². The summed E-state index contributed by atoms with van der Waals surface area (Å²) in [5.41, 5.74) is 0.397. The van der Waals surface area contributed by atoms with Crippen LogP contribution < -0.4 is 10.9 Å². The summed E-state index contributed by atoms with van der Waals surface area (Å²) in [6.07, 6.45) is 1.29. The summed E-state index contributed by atoms with van der Waals surface area (Å²) in [6, 6.07) is 14.2. The molecule has 2 N–H and O–H groups in total. The van der Waals surface area contributed by atoms with E-state index in [9.17, 15) is 9.59 Å². The second kappa shape index (κ2) is 6.91. The number of aromatic nitrogens is 4. The molecule has 8 nitrogen and oxygen atoms in total. The molecule has 0 amide bonds. The Labute approximate surface area is 153 Å². The zero-order valence-electron chi connectivity index (χ0n) is 14.6. The van der Waals surface area contributed by atoms with Crippen LogP contribution in [0.15, 0.2) is 53.5 Å². The molecule has 0 fully saturated rings. The summed E-state index contributed by atoms with van der Waals surface area (Å²) < 4.78 is 5.93. The van der Waals surface area contributed by atoms with Gasteiger partial charge in [0.15, 0.2) is 0 Å². The number of H-pyrrole nitrogens is 1. The molecule has 4 rings (SSSR count). The number of benzene rings is 2. The molecule has 0 bridgehead atoms. The number of carbonyl (C=O) groups excluding carboxylic acids is 1. The molecule has 4 aromatic rings. The van der Waals surface area contributed by atoms with Crippen molar-refractivity contribution < 1.29 is 9.53 Å². The first-order valence-corrected chi connectivity index (χ1v) is 8.53. The minimum Gasteiger partial charge on any atom is -0.462 e. The molecule has 27 heavy (non-hydrogen) atoms. The Balaban J connectivity index is 1.62. The van der Waals surface area contributed by atoms with E-state index in [4.69, 9.17) is 4.74 Å². The van der Waals surface area contributed by atoms with Gasteiger partial charge in [-0.3, -0.25) is 4.79 Å². The first-order valence-electron chi connectivity index (χ1n) is 8.53. The van der Waals surface area contributed by atoms with E-state index in [0.29, 0.717) is 6.54 Å². The largest absolute Gasteiger partial charge is 0.462 e. The molecule has 0 saturated carbocycles. The number of esters is 1. The van der Waals surface area contributed by atoms with E-state index in [0.717, 1.165) is 20.9 Å². The maximum atomic E-state index is 12.4. The van der Waals surface area contributed by atoms with Crippen molar-refractivity contribution in [2.45, 2.75) is 13.5 Å². The summed E-state index contributed by atoms with van der Waals surface area (Å²) in [5, 5.41) is 9.56. The van der Waals surface area contributed by atoms with Gasteiger partial charge in [-0.25, -0.2) is 4.79 Å². The monoisotopic (exact) mass is 363 g/mol. The van der Waals surface area contributed by atoms with E-state index >= 15 is 0 Å². The third kappa shape index (κ3) is 3.12. The standard InChI is InChI=1S/C19H17N5O3/c1-2-27-17(26)15-11-21-19-22-18(23-24(19)16(15)25)20-10-13-8-5-7-12-6-3-4-9-14(12)13/h3-9,11H,2,10H2,1H3,(H2,20,21,22,23). The fourth-order valence-electron chi connectivity index (χ4n) is 2.91. The molecule has 0 atom stereocenters. The van der Waals surface area contributed by atoms with E-state index in [1.54, 1.807) is 6.92 Å². The van der Waals surface area contributed by atoms with Crippen LogP contribution in [0.3, 0.4) is 0 Å². The van der Waals surface area contributed by atoms with Crippen LogP contribution in [0.1, 0.15) is 22.8 Å². The number of anilines is 1. The van der Waals surface area contributed by atoms with Crippen molar-refractivity contribution in [2.75, 3.05) is 11.9 Å². The molecule has 136 valence electrons. The number of fused-ring (bicyclic) bond motifs is 2. The normalized spacial score (nSPS) is 11.0. The first-order chi connectivity index (χ1) is 13.2. The molecule has 0 radical (unpaired) electrons. The van der Waals surface area contributed by atoms with Crippen molar-refractivity contribution in [1.82, 2.24) is 19.6 Å². The maximum absolute atomic E-state index is 12.4. The lowest BCUT2D eigenvalue weighted by molar-refractivity contribution is 0.0523. The predicted octanol–water partition coefficient (Wildman–Crippen LogP) is 2.36. The number of nitrogens with one attached hydrogen (secondary N) is 2. The minimum absolute atomic E-state index is 0.116. The van der Waals surface area contributed by atoms with Gasteiger partial charge in [-0.15, -0.1) is 5.10 Å². The van der Waals surface area contributed by atoms with E-state index < -0.39 is 11.5 Å². The molecule has 2 heterocycles. The molecule has 0 saturated heterocycles. The Morgan fingerprint density at radius 3 is 2.89 bits per heavy atom. The molecule has 0 aliphatic heterocycles. The van der Waals surface area contributed by atoms with Crippen LogP contribution >= 0.6 is 0 Å². The van der Waals surface area contributed by atoms with Gasteiger partial charge in [0.05, 0.1) is 6.61 Å². The van der Waals surface area contributed by atoms with Crippen LogP contribution in [0.4, 0.5) is 5.95 Å². The van der Waals surface area contributed by atoms with Gasteiger partial charge in [0.25, 0.3) is 5.56 Å². The number of carbonyl (C=O) groups is 1. The second-order valence-corrected chi connectivity index (χ2v) is 5.89. The second-order valence-electron chi connectivity index (χ2n) is 5.89. The van der Waals surface area contributed by atoms with Gasteiger partial charge < -0.3 is 15.0 Å². The average Bonchev–Trinajstić information content (AvgIpc) is 3.11. The van der Waals surface area contributed by atoms with E-state index in [-0.39, 0.29) is 23.9 Å². The van der Waals surface area contributed by atoms with Crippen molar-refractivity contribution in [3.63, 3.8) is 0 Å². The molecule has 0 aliphatic carbocycles. The molecular weight excluding hydrogens is 346 g/mol. The van der Waals surface area contributed by atoms with Crippen molar-refractivity contribution >= 4 is 28.5 Å². The highest BCUT2D eigenvalue weighted by atomic mass is 16.5. The number of hydrogen-bond donors (Lipinski definition) is 2. The number of hydrogen-bond acceptors (Lipinski definition) is 6. The van der Waals surface area contributed by atoms with Crippen LogP contribution in [-0.2, 0) is 11.3 Å². The summed E-state index contributed by atoms with van der Waals surface area (Å²) >= 11 is 0. The van der Waals surface area contributed by atoms with Gasteiger partial charge in [0.2, 0.25) is 11.7 Å². The Morgan fingerprint density at radius 2 is 2.04 bits per heavy atom. The van der Waals surface area contributed by atoms with E-state index in [1.165, 1.54) is 6.20 Å². The predicted molar refractivity (Wildman–Crippen MR) is 101 cm³/mol. The minimum atomic E-state index is -0.693. The molecule has 8 heteroatoms. The highest BCUT2D eigenvalue weighted by molar-refractivity contribution is 5.88. The molecule has 0 spiro atoms. The average molecular weight is 363 g/mol. The van der Waals surface area contributed by atoms with Crippen LogP contribution in [0.2, 0.25) is 0 Å². The first kappa shape index (κ1) is 16.8. The lowest BCUT2D eigenvalue weighted by Gasteiger charge is -2.06. The molecule has 0 aliphatic rings. The number of rotatable bonds is 5. The fourth-order valence-corrected chi connectivity index (χ4v) is 2.91. The quantitative estimate of drug-likeness (QED) is 0.528. The highest BCUT2D eigenvalue weighted by Gasteiger charge is 2.16. The number of ether oxygens (including phenoxy) is 1.